The van der Waals surface area contributed by atoms with Crippen molar-refractivity contribution in [3.8, 4) is 0 Å². The molecule has 0 aromatic heterocycles. The second-order valence-corrected chi connectivity index (χ2v) is 5.57. The summed E-state index contributed by atoms with van der Waals surface area (Å²) in [5, 5.41) is 0. The summed E-state index contributed by atoms with van der Waals surface area (Å²) in [7, 11) is 0. The van der Waals surface area contributed by atoms with Crippen LogP contribution in [-0.4, -0.2) is 12.0 Å². The molecular formula is C13H19F3O. The van der Waals surface area contributed by atoms with Gasteiger partial charge in [-0.2, -0.15) is 13.2 Å². The Morgan fingerprint density at radius 3 is 2.24 bits per heavy atom. The molecule has 2 unspecified atom stereocenters. The molecule has 98 valence electrons. The summed E-state index contributed by atoms with van der Waals surface area (Å²) in [5.74, 6) is -1.01. The molecule has 0 aromatic rings. The van der Waals surface area contributed by atoms with Crippen molar-refractivity contribution in [1.29, 1.82) is 0 Å². The molecule has 17 heavy (non-hydrogen) atoms. The van der Waals surface area contributed by atoms with Crippen LogP contribution in [0, 0.1) is 17.8 Å². The molecule has 2 atom stereocenters. The fraction of sp³-hybridized carbons (Fsp3) is 0.923. The van der Waals surface area contributed by atoms with Crippen molar-refractivity contribution in [3.05, 3.63) is 0 Å². The first kappa shape index (κ1) is 12.9. The molecular weight excluding hydrogens is 229 g/mol. The smallest absolute Gasteiger partial charge is 0.299 e. The highest BCUT2D eigenvalue weighted by Crippen LogP contribution is 2.41. The zero-order valence-corrected chi connectivity index (χ0v) is 9.93. The fourth-order valence-electron chi connectivity index (χ4n) is 2.93. The van der Waals surface area contributed by atoms with E-state index in [1.54, 1.807) is 0 Å². The Labute approximate surface area is 99.8 Å². The van der Waals surface area contributed by atoms with Gasteiger partial charge in [-0.15, -0.1) is 0 Å². The van der Waals surface area contributed by atoms with Crippen molar-refractivity contribution in [1.82, 2.24) is 0 Å². The number of carbonyl (C=O) groups excluding carboxylic acids is 1. The second-order valence-electron chi connectivity index (χ2n) is 5.57. The Balaban J connectivity index is 1.85. The molecule has 2 aliphatic rings. The van der Waals surface area contributed by atoms with Crippen LogP contribution in [0.4, 0.5) is 13.2 Å². The highest BCUT2D eigenvalue weighted by molar-refractivity contribution is 5.81. The first-order valence-electron chi connectivity index (χ1n) is 6.56. The molecule has 0 aromatic carbocycles. The Morgan fingerprint density at radius 2 is 1.71 bits per heavy atom. The summed E-state index contributed by atoms with van der Waals surface area (Å²) in [5.41, 5.74) is 0. The normalized spacial score (nSPS) is 31.0. The number of rotatable bonds is 3. The van der Waals surface area contributed by atoms with E-state index in [0.717, 1.165) is 12.8 Å². The largest absolute Gasteiger partial charge is 0.391 e. The average molecular weight is 248 g/mol. The molecule has 4 heteroatoms. The van der Waals surface area contributed by atoms with E-state index in [0.29, 0.717) is 25.2 Å². The monoisotopic (exact) mass is 248 g/mol. The van der Waals surface area contributed by atoms with Gasteiger partial charge in [0.1, 0.15) is 5.78 Å². The number of carbonyl (C=O) groups is 1. The highest BCUT2D eigenvalue weighted by atomic mass is 19.4. The third kappa shape index (κ3) is 3.23. The maximum absolute atomic E-state index is 12.6. The lowest BCUT2D eigenvalue weighted by Gasteiger charge is -2.32. The van der Waals surface area contributed by atoms with Gasteiger partial charge in [-0.05, 0) is 25.2 Å². The summed E-state index contributed by atoms with van der Waals surface area (Å²) in [6.45, 7) is 0. The van der Waals surface area contributed by atoms with E-state index in [2.05, 4.69) is 0 Å². The van der Waals surface area contributed by atoms with Crippen molar-refractivity contribution in [2.75, 3.05) is 0 Å². The molecule has 0 amide bonds. The van der Waals surface area contributed by atoms with Crippen molar-refractivity contribution in [2.24, 2.45) is 17.8 Å². The zero-order valence-electron chi connectivity index (χ0n) is 9.93. The Bertz CT molecular complexity index is 281. The van der Waals surface area contributed by atoms with Gasteiger partial charge in [0.15, 0.2) is 0 Å². The third-order valence-electron chi connectivity index (χ3n) is 4.31. The van der Waals surface area contributed by atoms with Crippen LogP contribution in [-0.2, 0) is 4.79 Å². The van der Waals surface area contributed by atoms with Crippen molar-refractivity contribution >= 4 is 5.78 Å². The van der Waals surface area contributed by atoms with Gasteiger partial charge in [0.05, 0.1) is 5.92 Å². The number of alkyl halides is 3. The van der Waals surface area contributed by atoms with Crippen LogP contribution in [0.2, 0.25) is 0 Å². The molecule has 0 heterocycles. The molecule has 0 N–H and O–H groups in total. The number of hydrogen-bond acceptors (Lipinski definition) is 1. The molecule has 0 radical (unpaired) electrons. The maximum atomic E-state index is 12.6. The second kappa shape index (κ2) is 4.99. The lowest BCUT2D eigenvalue weighted by molar-refractivity contribution is -0.186. The van der Waals surface area contributed by atoms with Crippen molar-refractivity contribution < 1.29 is 18.0 Å². The van der Waals surface area contributed by atoms with Crippen LogP contribution in [0.5, 0.6) is 0 Å². The predicted molar refractivity (Wildman–Crippen MR) is 58.5 cm³/mol. The summed E-state index contributed by atoms with van der Waals surface area (Å²) >= 11 is 0. The van der Waals surface area contributed by atoms with Crippen LogP contribution < -0.4 is 0 Å². The van der Waals surface area contributed by atoms with Crippen LogP contribution in [0.1, 0.15) is 51.4 Å². The van der Waals surface area contributed by atoms with E-state index in [-0.39, 0.29) is 24.5 Å². The third-order valence-corrected chi connectivity index (χ3v) is 4.31. The summed E-state index contributed by atoms with van der Waals surface area (Å²) in [4.78, 5) is 11.9. The topological polar surface area (TPSA) is 17.1 Å². The van der Waals surface area contributed by atoms with Gasteiger partial charge in [0.2, 0.25) is 0 Å². The zero-order chi connectivity index (χ0) is 12.5. The minimum absolute atomic E-state index is 0.0368. The quantitative estimate of drug-likeness (QED) is 0.734. The van der Waals surface area contributed by atoms with Gasteiger partial charge in [0.25, 0.3) is 0 Å². The first-order valence-corrected chi connectivity index (χ1v) is 6.56. The minimum atomic E-state index is -4.12. The van der Waals surface area contributed by atoms with E-state index in [1.807, 2.05) is 0 Å². The van der Waals surface area contributed by atoms with Crippen LogP contribution in [0.25, 0.3) is 0 Å². The molecule has 2 fully saturated rings. The molecule has 0 bridgehead atoms. The van der Waals surface area contributed by atoms with Gasteiger partial charge in [-0.3, -0.25) is 4.79 Å². The van der Waals surface area contributed by atoms with E-state index >= 15 is 0 Å². The van der Waals surface area contributed by atoms with E-state index in [4.69, 9.17) is 0 Å². The Morgan fingerprint density at radius 1 is 1.06 bits per heavy atom. The standard InChI is InChI=1S/C13H19F3O/c14-13(15,16)11-6-2-5-10(8-11)12(17)7-9-3-1-4-9/h9-11H,1-8H2. The molecule has 1 nitrogen and oxygen atoms in total. The molecule has 0 saturated heterocycles. The predicted octanol–water partition coefficient (Wildman–Crippen LogP) is 4.11. The van der Waals surface area contributed by atoms with Gasteiger partial charge in [-0.1, -0.05) is 25.7 Å². The lowest BCUT2D eigenvalue weighted by atomic mass is 9.74. The number of hydrogen-bond donors (Lipinski definition) is 0. The highest BCUT2D eigenvalue weighted by Gasteiger charge is 2.43. The maximum Gasteiger partial charge on any atom is 0.391 e. The van der Waals surface area contributed by atoms with Crippen molar-refractivity contribution in [3.63, 3.8) is 0 Å². The Hall–Kier alpha value is -0.540. The molecule has 0 aliphatic heterocycles. The Kier molecular flexibility index (Phi) is 3.79. The molecule has 2 saturated carbocycles. The van der Waals surface area contributed by atoms with Gasteiger partial charge >= 0.3 is 6.18 Å². The van der Waals surface area contributed by atoms with Crippen LogP contribution >= 0.6 is 0 Å². The van der Waals surface area contributed by atoms with Crippen LogP contribution in [0.3, 0.4) is 0 Å². The number of Topliss-reactive ketones (excluding diaryl/α,β-unsaturated/α-hetero) is 1. The average Bonchev–Trinajstić information content (AvgIpc) is 2.22. The van der Waals surface area contributed by atoms with E-state index in [1.165, 1.54) is 6.42 Å². The molecule has 2 aliphatic carbocycles. The van der Waals surface area contributed by atoms with Crippen LogP contribution in [0.15, 0.2) is 0 Å². The number of ketones is 1. The first-order chi connectivity index (χ1) is 7.97. The van der Waals surface area contributed by atoms with E-state index < -0.39 is 12.1 Å². The lowest BCUT2D eigenvalue weighted by Crippen LogP contribution is -2.32. The van der Waals surface area contributed by atoms with Crippen molar-refractivity contribution in [2.45, 2.75) is 57.5 Å². The van der Waals surface area contributed by atoms with Gasteiger partial charge in [0, 0.05) is 12.3 Å². The minimum Gasteiger partial charge on any atom is -0.299 e. The summed E-state index contributed by atoms with van der Waals surface area (Å²) < 4.78 is 37.8. The van der Waals surface area contributed by atoms with Gasteiger partial charge in [-0.25, -0.2) is 0 Å². The van der Waals surface area contributed by atoms with Gasteiger partial charge < -0.3 is 0 Å². The SMILES string of the molecule is O=C(CC1CCC1)C1CCCC(C(F)(F)F)C1. The summed E-state index contributed by atoms with van der Waals surface area (Å²) in [6.07, 6.45) is 1.20. The summed E-state index contributed by atoms with van der Waals surface area (Å²) in [6, 6.07) is 0. The molecule has 2 rings (SSSR count). The van der Waals surface area contributed by atoms with E-state index in [9.17, 15) is 18.0 Å². The molecule has 0 spiro atoms. The number of halogens is 3. The fourth-order valence-corrected chi connectivity index (χ4v) is 2.93.